The highest BCUT2D eigenvalue weighted by Gasteiger charge is 2.36. The lowest BCUT2D eigenvalue weighted by Gasteiger charge is -2.14. The van der Waals surface area contributed by atoms with Crippen LogP contribution in [0, 0.1) is 5.92 Å². The van der Waals surface area contributed by atoms with Gasteiger partial charge in [0.25, 0.3) is 0 Å². The minimum absolute atomic E-state index is 0.0519. The van der Waals surface area contributed by atoms with Crippen molar-refractivity contribution in [1.82, 2.24) is 15.1 Å². The Hall–Kier alpha value is -2.06. The Bertz CT molecular complexity index is 541. The zero-order valence-electron chi connectivity index (χ0n) is 11.4. The summed E-state index contributed by atoms with van der Waals surface area (Å²) in [6.07, 6.45) is -1.96. The maximum Gasteiger partial charge on any atom is 0.408 e. The highest BCUT2D eigenvalue weighted by Crippen LogP contribution is 2.26. The van der Waals surface area contributed by atoms with Crippen LogP contribution in [-0.4, -0.2) is 40.9 Å². The van der Waals surface area contributed by atoms with Gasteiger partial charge in [0, 0.05) is 25.7 Å². The third-order valence-electron chi connectivity index (χ3n) is 3.12. The van der Waals surface area contributed by atoms with Gasteiger partial charge in [-0.2, -0.15) is 18.3 Å². The van der Waals surface area contributed by atoms with Crippen molar-refractivity contribution in [3.63, 3.8) is 0 Å². The van der Waals surface area contributed by atoms with E-state index in [4.69, 9.17) is 0 Å². The number of alkyl halides is 3. The summed E-state index contributed by atoms with van der Waals surface area (Å²) in [5.41, 5.74) is 0.274. The van der Waals surface area contributed by atoms with Gasteiger partial charge in [-0.25, -0.2) is 0 Å². The lowest BCUT2D eigenvalue weighted by atomic mass is 10.1. The topological polar surface area (TPSA) is 67.2 Å². The lowest BCUT2D eigenvalue weighted by Crippen LogP contribution is -2.32. The molecule has 2 rings (SSSR count). The van der Waals surface area contributed by atoms with E-state index in [0.29, 0.717) is 6.54 Å². The van der Waals surface area contributed by atoms with Crippen LogP contribution in [0.15, 0.2) is 12.4 Å². The molecule has 0 spiro atoms. The fourth-order valence-electron chi connectivity index (χ4n) is 2.21. The second kappa shape index (κ2) is 5.74. The number of aromatic nitrogens is 2. The number of amides is 2. The Morgan fingerprint density at radius 3 is 2.86 bits per heavy atom. The summed E-state index contributed by atoms with van der Waals surface area (Å²) in [6, 6.07) is 0. The summed E-state index contributed by atoms with van der Waals surface area (Å²) < 4.78 is 37.5. The third kappa shape index (κ3) is 3.73. The van der Waals surface area contributed by atoms with E-state index in [-0.39, 0.29) is 30.5 Å². The second-order valence-corrected chi connectivity index (χ2v) is 4.81. The zero-order valence-corrected chi connectivity index (χ0v) is 11.4. The number of nitrogens with zero attached hydrogens (tertiary/aromatic N) is 3. The van der Waals surface area contributed by atoms with Crippen LogP contribution in [0.5, 0.6) is 0 Å². The predicted octanol–water partition coefficient (Wildman–Crippen LogP) is 0.934. The van der Waals surface area contributed by atoms with E-state index < -0.39 is 18.6 Å². The first-order chi connectivity index (χ1) is 9.80. The van der Waals surface area contributed by atoms with Gasteiger partial charge in [-0.1, -0.05) is 0 Å². The number of carbonyl (C=O) groups is 2. The number of hydrogen-bond acceptors (Lipinski definition) is 3. The molecule has 1 fully saturated rings. The molecule has 21 heavy (non-hydrogen) atoms. The Morgan fingerprint density at radius 2 is 2.24 bits per heavy atom. The predicted molar refractivity (Wildman–Crippen MR) is 67.4 cm³/mol. The first kappa shape index (κ1) is 15.3. The normalized spacial score (nSPS) is 19.1. The van der Waals surface area contributed by atoms with Gasteiger partial charge in [-0.05, 0) is 6.92 Å². The van der Waals surface area contributed by atoms with Gasteiger partial charge in [0.1, 0.15) is 6.54 Å². The van der Waals surface area contributed by atoms with E-state index in [2.05, 4.69) is 10.4 Å². The van der Waals surface area contributed by atoms with Crippen molar-refractivity contribution >= 4 is 17.5 Å². The second-order valence-electron chi connectivity index (χ2n) is 4.81. The molecule has 1 aliphatic heterocycles. The Labute approximate surface area is 118 Å². The van der Waals surface area contributed by atoms with Gasteiger partial charge in [-0.15, -0.1) is 0 Å². The van der Waals surface area contributed by atoms with Gasteiger partial charge >= 0.3 is 6.18 Å². The maximum atomic E-state index is 12.3. The summed E-state index contributed by atoms with van der Waals surface area (Å²) in [5, 5.41) is 6.22. The standard InChI is InChI=1S/C12H15F3N4O2/c1-2-16-11(21)8-3-10(20)19(5-8)9-4-17-18(6-9)7-12(13,14)15/h4,6,8H,2-3,5,7H2,1H3,(H,16,21)/t8-/m0/s1. The molecular weight excluding hydrogens is 289 g/mol. The van der Waals surface area contributed by atoms with Crippen molar-refractivity contribution in [3.8, 4) is 0 Å². The van der Waals surface area contributed by atoms with Crippen molar-refractivity contribution in [2.75, 3.05) is 18.0 Å². The van der Waals surface area contributed by atoms with Crippen LogP contribution in [0.4, 0.5) is 18.9 Å². The number of hydrogen-bond donors (Lipinski definition) is 1. The van der Waals surface area contributed by atoms with E-state index in [0.717, 1.165) is 10.9 Å². The highest BCUT2D eigenvalue weighted by atomic mass is 19.4. The number of halogens is 3. The first-order valence-corrected chi connectivity index (χ1v) is 6.47. The maximum absolute atomic E-state index is 12.3. The SMILES string of the molecule is CCNC(=O)[C@H]1CC(=O)N(c2cnn(CC(F)(F)F)c2)C1. The van der Waals surface area contributed by atoms with E-state index in [1.165, 1.54) is 11.1 Å². The average molecular weight is 304 g/mol. The monoisotopic (exact) mass is 304 g/mol. The number of rotatable bonds is 4. The molecule has 0 unspecified atom stereocenters. The van der Waals surface area contributed by atoms with Gasteiger partial charge < -0.3 is 10.2 Å². The molecule has 2 amide bonds. The molecule has 1 N–H and O–H groups in total. The molecule has 1 aliphatic rings. The molecule has 0 saturated carbocycles. The smallest absolute Gasteiger partial charge is 0.356 e. The molecule has 6 nitrogen and oxygen atoms in total. The van der Waals surface area contributed by atoms with Crippen LogP contribution in [0.1, 0.15) is 13.3 Å². The van der Waals surface area contributed by atoms with Crippen LogP contribution < -0.4 is 10.2 Å². The van der Waals surface area contributed by atoms with E-state index in [1.54, 1.807) is 6.92 Å². The first-order valence-electron chi connectivity index (χ1n) is 6.47. The van der Waals surface area contributed by atoms with Gasteiger partial charge in [-0.3, -0.25) is 14.3 Å². The van der Waals surface area contributed by atoms with Gasteiger partial charge in [0.05, 0.1) is 17.8 Å². The number of nitrogens with one attached hydrogen (secondary N) is 1. The lowest BCUT2D eigenvalue weighted by molar-refractivity contribution is -0.142. The van der Waals surface area contributed by atoms with Crippen LogP contribution in [0.2, 0.25) is 0 Å². The van der Waals surface area contributed by atoms with Gasteiger partial charge in [0.15, 0.2) is 0 Å². The summed E-state index contributed by atoms with van der Waals surface area (Å²) in [6.45, 7) is 1.18. The minimum Gasteiger partial charge on any atom is -0.356 e. The molecule has 0 aromatic carbocycles. The van der Waals surface area contributed by atoms with Crippen molar-refractivity contribution in [1.29, 1.82) is 0 Å². The molecule has 116 valence electrons. The molecule has 1 saturated heterocycles. The van der Waals surface area contributed by atoms with Crippen LogP contribution in [0.3, 0.4) is 0 Å². The van der Waals surface area contributed by atoms with Crippen LogP contribution in [-0.2, 0) is 16.1 Å². The fourth-order valence-corrected chi connectivity index (χ4v) is 2.21. The van der Waals surface area contributed by atoms with Crippen molar-refractivity contribution < 1.29 is 22.8 Å². The summed E-state index contributed by atoms with van der Waals surface area (Å²) in [4.78, 5) is 24.9. The van der Waals surface area contributed by atoms with E-state index >= 15 is 0 Å². The Kier molecular flexibility index (Phi) is 4.19. The summed E-state index contributed by atoms with van der Waals surface area (Å²) in [5.74, 6) is -1.00. The molecule has 0 bridgehead atoms. The van der Waals surface area contributed by atoms with Crippen LogP contribution >= 0.6 is 0 Å². The molecule has 1 atom stereocenters. The third-order valence-corrected chi connectivity index (χ3v) is 3.12. The molecular formula is C12H15F3N4O2. The van der Waals surface area contributed by atoms with E-state index in [9.17, 15) is 22.8 Å². The van der Waals surface area contributed by atoms with Crippen molar-refractivity contribution in [2.45, 2.75) is 26.1 Å². The van der Waals surface area contributed by atoms with Crippen molar-refractivity contribution in [2.24, 2.45) is 5.92 Å². The quantitative estimate of drug-likeness (QED) is 0.900. The molecule has 1 aromatic heterocycles. The van der Waals surface area contributed by atoms with Crippen molar-refractivity contribution in [3.05, 3.63) is 12.4 Å². The Balaban J connectivity index is 2.05. The summed E-state index contributed by atoms with van der Waals surface area (Å²) >= 11 is 0. The summed E-state index contributed by atoms with van der Waals surface area (Å²) in [7, 11) is 0. The minimum atomic E-state index is -4.37. The number of anilines is 1. The largest absolute Gasteiger partial charge is 0.408 e. The fraction of sp³-hybridized carbons (Fsp3) is 0.583. The Morgan fingerprint density at radius 1 is 1.52 bits per heavy atom. The van der Waals surface area contributed by atoms with Gasteiger partial charge in [0.2, 0.25) is 11.8 Å². The molecule has 9 heteroatoms. The average Bonchev–Trinajstić information content (AvgIpc) is 2.94. The van der Waals surface area contributed by atoms with E-state index in [1.807, 2.05) is 0 Å². The molecule has 2 heterocycles. The van der Waals surface area contributed by atoms with Crippen LogP contribution in [0.25, 0.3) is 0 Å². The molecule has 0 aliphatic carbocycles. The highest BCUT2D eigenvalue weighted by molar-refractivity contribution is 6.00. The molecule has 0 radical (unpaired) electrons. The number of carbonyl (C=O) groups excluding carboxylic acids is 2. The molecule has 1 aromatic rings. The zero-order chi connectivity index (χ0) is 15.6.